The lowest BCUT2D eigenvalue weighted by Gasteiger charge is -2.18. The highest BCUT2D eigenvalue weighted by Gasteiger charge is 2.15. The molecular formula is C21H20N2O2. The molecule has 0 radical (unpaired) electrons. The van der Waals surface area contributed by atoms with Gasteiger partial charge in [-0.25, -0.2) is 0 Å². The first-order valence-corrected chi connectivity index (χ1v) is 8.33. The predicted molar refractivity (Wildman–Crippen MR) is 99.0 cm³/mol. The molecule has 1 atom stereocenters. The van der Waals surface area contributed by atoms with E-state index < -0.39 is 0 Å². The van der Waals surface area contributed by atoms with E-state index in [2.05, 4.69) is 5.32 Å². The quantitative estimate of drug-likeness (QED) is 0.774. The van der Waals surface area contributed by atoms with Crippen LogP contribution in [0.4, 0.5) is 0 Å². The fraction of sp³-hybridized carbons (Fsp3) is 0.143. The highest BCUT2D eigenvalue weighted by molar-refractivity contribution is 5.94. The molecule has 0 saturated carbocycles. The fourth-order valence-corrected chi connectivity index (χ4v) is 2.76. The summed E-state index contributed by atoms with van der Waals surface area (Å²) in [5.74, 6) is -0.194. The Morgan fingerprint density at radius 1 is 0.960 bits per heavy atom. The molecule has 2 aromatic carbocycles. The van der Waals surface area contributed by atoms with E-state index in [0.717, 1.165) is 17.7 Å². The molecule has 4 heteroatoms. The van der Waals surface area contributed by atoms with E-state index in [1.54, 1.807) is 12.3 Å². The lowest BCUT2D eigenvalue weighted by Crippen LogP contribution is -2.29. The number of carbonyl (C=O) groups excluding carboxylic acids is 1. The number of hydrogen-bond donors (Lipinski definition) is 1. The van der Waals surface area contributed by atoms with Crippen molar-refractivity contribution in [1.29, 1.82) is 0 Å². The van der Waals surface area contributed by atoms with Gasteiger partial charge in [0.05, 0.1) is 11.6 Å². The number of hydrogen-bond acceptors (Lipinski definition) is 2. The Balaban J connectivity index is 1.87. The Labute approximate surface area is 146 Å². The lowest BCUT2D eigenvalue weighted by atomic mass is 10.0. The summed E-state index contributed by atoms with van der Waals surface area (Å²) in [6, 6.07) is 22.1. The maximum absolute atomic E-state index is 12.7. The van der Waals surface area contributed by atoms with Crippen LogP contribution in [0.15, 0.2) is 83.8 Å². The van der Waals surface area contributed by atoms with Crippen molar-refractivity contribution in [3.05, 3.63) is 100 Å². The third-order valence-electron chi connectivity index (χ3n) is 4.12. The van der Waals surface area contributed by atoms with E-state index in [1.165, 1.54) is 10.6 Å². The zero-order valence-corrected chi connectivity index (χ0v) is 14.1. The van der Waals surface area contributed by atoms with Gasteiger partial charge in [-0.3, -0.25) is 14.2 Å². The summed E-state index contributed by atoms with van der Waals surface area (Å²) in [5.41, 5.74) is 2.09. The number of para-hydroxylation sites is 1. The van der Waals surface area contributed by atoms with Gasteiger partial charge in [0.25, 0.3) is 11.5 Å². The summed E-state index contributed by atoms with van der Waals surface area (Å²) in [5, 5.41) is 3.04. The molecule has 0 aliphatic rings. The minimum Gasteiger partial charge on any atom is -0.345 e. The number of pyridine rings is 1. The van der Waals surface area contributed by atoms with Crippen molar-refractivity contribution in [1.82, 2.24) is 9.88 Å². The Bertz CT molecular complexity index is 902. The molecule has 0 bridgehead atoms. The van der Waals surface area contributed by atoms with E-state index in [0.29, 0.717) is 5.56 Å². The van der Waals surface area contributed by atoms with Crippen molar-refractivity contribution in [3.8, 4) is 5.69 Å². The average Bonchev–Trinajstić information content (AvgIpc) is 2.67. The third-order valence-corrected chi connectivity index (χ3v) is 4.12. The van der Waals surface area contributed by atoms with Crippen LogP contribution in [0.25, 0.3) is 5.69 Å². The maximum Gasteiger partial charge on any atom is 0.255 e. The van der Waals surface area contributed by atoms with Gasteiger partial charge in [0.2, 0.25) is 0 Å². The van der Waals surface area contributed by atoms with Crippen LogP contribution < -0.4 is 10.9 Å². The van der Waals surface area contributed by atoms with Crippen LogP contribution in [0.2, 0.25) is 0 Å². The summed E-state index contributed by atoms with van der Waals surface area (Å²) in [6.45, 7) is 2.03. The third kappa shape index (κ3) is 3.86. The van der Waals surface area contributed by atoms with Gasteiger partial charge in [-0.15, -0.1) is 0 Å². The number of carbonyl (C=O) groups is 1. The van der Waals surface area contributed by atoms with Gasteiger partial charge in [0.1, 0.15) is 0 Å². The molecule has 1 heterocycles. The molecule has 0 aliphatic heterocycles. The van der Waals surface area contributed by atoms with Crippen molar-refractivity contribution < 1.29 is 4.79 Å². The second-order valence-corrected chi connectivity index (χ2v) is 5.81. The normalized spacial score (nSPS) is 11.7. The molecule has 4 nitrogen and oxygen atoms in total. The van der Waals surface area contributed by atoms with E-state index in [-0.39, 0.29) is 17.5 Å². The van der Waals surface area contributed by atoms with Gasteiger partial charge < -0.3 is 5.32 Å². The van der Waals surface area contributed by atoms with Crippen molar-refractivity contribution in [3.63, 3.8) is 0 Å². The maximum atomic E-state index is 12.7. The van der Waals surface area contributed by atoms with Crippen molar-refractivity contribution in [2.45, 2.75) is 19.4 Å². The summed E-state index contributed by atoms with van der Waals surface area (Å²) in [4.78, 5) is 24.8. The minimum absolute atomic E-state index is 0.0641. The predicted octanol–water partition coefficient (Wildman–Crippen LogP) is 3.72. The molecule has 1 amide bonds. The van der Waals surface area contributed by atoms with E-state index in [4.69, 9.17) is 0 Å². The second-order valence-electron chi connectivity index (χ2n) is 5.81. The topological polar surface area (TPSA) is 51.1 Å². The van der Waals surface area contributed by atoms with Crippen LogP contribution in [0.5, 0.6) is 0 Å². The molecule has 1 unspecified atom stereocenters. The van der Waals surface area contributed by atoms with E-state index >= 15 is 0 Å². The number of rotatable bonds is 5. The highest BCUT2D eigenvalue weighted by atomic mass is 16.2. The lowest BCUT2D eigenvalue weighted by molar-refractivity contribution is 0.0935. The summed E-state index contributed by atoms with van der Waals surface area (Å²) in [6.07, 6.45) is 2.37. The Hall–Kier alpha value is -3.14. The molecule has 3 aromatic rings. The molecule has 1 N–H and O–H groups in total. The van der Waals surface area contributed by atoms with Gasteiger partial charge in [0.15, 0.2) is 0 Å². The first-order valence-electron chi connectivity index (χ1n) is 8.33. The Kier molecular flexibility index (Phi) is 5.09. The number of benzene rings is 2. The van der Waals surface area contributed by atoms with Crippen LogP contribution in [0.3, 0.4) is 0 Å². The fourth-order valence-electron chi connectivity index (χ4n) is 2.76. The highest BCUT2D eigenvalue weighted by Crippen LogP contribution is 2.16. The van der Waals surface area contributed by atoms with E-state index in [9.17, 15) is 9.59 Å². The van der Waals surface area contributed by atoms with E-state index in [1.807, 2.05) is 67.6 Å². The second kappa shape index (κ2) is 7.62. The number of aromatic nitrogens is 1. The largest absolute Gasteiger partial charge is 0.345 e. The standard InChI is InChI=1S/C21H20N2O2/c1-2-19(16-9-5-3-6-10-16)22-21(25)17-13-14-20(24)23(15-17)18-11-7-4-8-12-18/h3-15,19H,2H2,1H3,(H,22,25). The number of amides is 1. The van der Waals surface area contributed by atoms with Gasteiger partial charge >= 0.3 is 0 Å². The van der Waals surface area contributed by atoms with Crippen molar-refractivity contribution >= 4 is 5.91 Å². The van der Waals surface area contributed by atoms with Crippen LogP contribution in [0, 0.1) is 0 Å². The molecule has 0 saturated heterocycles. The average molecular weight is 332 g/mol. The Morgan fingerprint density at radius 2 is 1.60 bits per heavy atom. The summed E-state index contributed by atoms with van der Waals surface area (Å²) >= 11 is 0. The molecule has 3 rings (SSSR count). The van der Waals surface area contributed by atoms with Gasteiger partial charge in [-0.1, -0.05) is 55.5 Å². The van der Waals surface area contributed by atoms with Gasteiger partial charge in [-0.2, -0.15) is 0 Å². The molecule has 126 valence electrons. The molecule has 1 aromatic heterocycles. The monoisotopic (exact) mass is 332 g/mol. The van der Waals surface area contributed by atoms with Gasteiger partial charge in [-0.05, 0) is 30.2 Å². The number of nitrogens with zero attached hydrogens (tertiary/aromatic N) is 1. The minimum atomic E-state index is -0.194. The molecular weight excluding hydrogens is 312 g/mol. The van der Waals surface area contributed by atoms with Crippen LogP contribution in [-0.2, 0) is 0 Å². The summed E-state index contributed by atoms with van der Waals surface area (Å²) in [7, 11) is 0. The van der Waals surface area contributed by atoms with Gasteiger partial charge in [0, 0.05) is 18.0 Å². The zero-order valence-electron chi connectivity index (χ0n) is 14.1. The smallest absolute Gasteiger partial charge is 0.255 e. The van der Waals surface area contributed by atoms with Crippen LogP contribution in [-0.4, -0.2) is 10.5 Å². The van der Waals surface area contributed by atoms with Crippen molar-refractivity contribution in [2.75, 3.05) is 0 Å². The zero-order chi connectivity index (χ0) is 17.6. The SMILES string of the molecule is CCC(NC(=O)c1ccc(=O)n(-c2ccccc2)c1)c1ccccc1. The molecule has 25 heavy (non-hydrogen) atoms. The molecule has 0 fully saturated rings. The first kappa shape index (κ1) is 16.7. The first-order chi connectivity index (χ1) is 12.2. The molecule has 0 spiro atoms. The van der Waals surface area contributed by atoms with Crippen LogP contribution in [0.1, 0.15) is 35.3 Å². The van der Waals surface area contributed by atoms with Crippen LogP contribution >= 0.6 is 0 Å². The number of nitrogens with one attached hydrogen (secondary N) is 1. The van der Waals surface area contributed by atoms with Crippen molar-refractivity contribution in [2.24, 2.45) is 0 Å². The Morgan fingerprint density at radius 3 is 2.24 bits per heavy atom. The summed E-state index contributed by atoms with van der Waals surface area (Å²) < 4.78 is 1.48. The molecule has 0 aliphatic carbocycles.